The molecule has 0 aromatic heterocycles. The van der Waals surface area contributed by atoms with Gasteiger partial charge in [0.15, 0.2) is 10.8 Å². The Morgan fingerprint density at radius 3 is 1.82 bits per heavy atom. The number of ether oxygens (including phenoxy) is 1. The molecule has 0 heterocycles. The van der Waals surface area contributed by atoms with Gasteiger partial charge in [-0.05, 0) is 25.0 Å². The molecule has 0 amide bonds. The number of aliphatic hydroxyl groups is 1. The summed E-state index contributed by atoms with van der Waals surface area (Å²) < 4.78 is 5.24. The quantitative estimate of drug-likeness (QED) is 0.719. The first-order chi connectivity index (χ1) is 15.8. The number of nitrogens with zero attached hydrogens (tertiary/aromatic N) is 4. The number of carbonyl (C=O) groups is 1. The molecule has 7 nitrogen and oxygen atoms in total. The Morgan fingerprint density at radius 1 is 0.909 bits per heavy atom. The van der Waals surface area contributed by atoms with Crippen LogP contribution in [0.1, 0.15) is 36.8 Å². The standard InChI is InChI=1S/C26H22N4O3/c1-3-33-23(31)21-20(18-10-6-4-7-11-18)25(14-27,15-28)22(19-12-8-5-9-13-19)26(16-29,17-30)24(21,2)32/h4-13,20-22,32H,3H2,1-2H3. The molecule has 0 spiro atoms. The van der Waals surface area contributed by atoms with E-state index in [1.807, 2.05) is 12.1 Å². The highest BCUT2D eigenvalue weighted by Gasteiger charge is 2.75. The van der Waals surface area contributed by atoms with E-state index in [0.29, 0.717) is 11.1 Å². The summed E-state index contributed by atoms with van der Waals surface area (Å²) in [5.74, 6) is -4.93. The van der Waals surface area contributed by atoms with Crippen molar-refractivity contribution in [3.05, 3.63) is 71.8 Å². The lowest BCUT2D eigenvalue weighted by atomic mass is 9.41. The number of hydrogen-bond acceptors (Lipinski definition) is 7. The van der Waals surface area contributed by atoms with E-state index in [1.165, 1.54) is 6.92 Å². The number of benzene rings is 2. The average Bonchev–Trinajstić information content (AvgIpc) is 2.84. The van der Waals surface area contributed by atoms with E-state index in [0.717, 1.165) is 0 Å². The highest BCUT2D eigenvalue weighted by atomic mass is 16.5. The predicted molar refractivity (Wildman–Crippen MR) is 116 cm³/mol. The smallest absolute Gasteiger partial charge is 0.312 e. The molecule has 33 heavy (non-hydrogen) atoms. The first-order valence-electron chi connectivity index (χ1n) is 10.4. The van der Waals surface area contributed by atoms with Gasteiger partial charge < -0.3 is 9.84 Å². The van der Waals surface area contributed by atoms with Gasteiger partial charge in [0.1, 0.15) is 5.60 Å². The van der Waals surface area contributed by atoms with Crippen LogP contribution in [0.2, 0.25) is 0 Å². The summed E-state index contributed by atoms with van der Waals surface area (Å²) >= 11 is 0. The lowest BCUT2D eigenvalue weighted by Gasteiger charge is -2.56. The topological polar surface area (TPSA) is 142 Å². The van der Waals surface area contributed by atoms with Crippen molar-refractivity contribution in [3.63, 3.8) is 0 Å². The Bertz CT molecular complexity index is 1170. The molecule has 164 valence electrons. The Balaban J connectivity index is 2.52. The molecular formula is C26H22N4O3. The van der Waals surface area contributed by atoms with Gasteiger partial charge in [-0.15, -0.1) is 0 Å². The van der Waals surface area contributed by atoms with Gasteiger partial charge in [-0.25, -0.2) is 0 Å². The van der Waals surface area contributed by atoms with Crippen LogP contribution in [0, 0.1) is 62.1 Å². The Hall–Kier alpha value is -4.17. The van der Waals surface area contributed by atoms with Crippen LogP contribution in [-0.2, 0) is 9.53 Å². The second-order valence-corrected chi connectivity index (χ2v) is 8.23. The summed E-state index contributed by atoms with van der Waals surface area (Å²) in [5.41, 5.74) is -5.80. The Kier molecular flexibility index (Phi) is 6.23. The average molecular weight is 438 g/mol. The summed E-state index contributed by atoms with van der Waals surface area (Å²) in [5, 5.41) is 53.5. The molecule has 0 radical (unpaired) electrons. The van der Waals surface area contributed by atoms with Crippen LogP contribution in [0.3, 0.4) is 0 Å². The summed E-state index contributed by atoms with van der Waals surface area (Å²) in [6.07, 6.45) is 0. The summed E-state index contributed by atoms with van der Waals surface area (Å²) in [6, 6.07) is 24.7. The first kappa shape index (κ1) is 23.5. The maximum absolute atomic E-state index is 13.3. The third kappa shape index (κ3) is 3.23. The Labute approximate surface area is 192 Å². The van der Waals surface area contributed by atoms with Crippen molar-refractivity contribution in [3.8, 4) is 24.3 Å². The normalized spacial score (nSPS) is 27.1. The van der Waals surface area contributed by atoms with Gasteiger partial charge in [-0.1, -0.05) is 60.7 Å². The predicted octanol–water partition coefficient (Wildman–Crippen LogP) is 3.57. The van der Waals surface area contributed by atoms with Crippen molar-refractivity contribution in [2.75, 3.05) is 6.61 Å². The van der Waals surface area contributed by atoms with E-state index >= 15 is 0 Å². The summed E-state index contributed by atoms with van der Waals surface area (Å²) in [7, 11) is 0. The molecule has 2 aromatic rings. The zero-order valence-corrected chi connectivity index (χ0v) is 18.3. The lowest BCUT2D eigenvalue weighted by Crippen LogP contribution is -2.66. The summed E-state index contributed by atoms with van der Waals surface area (Å²) in [4.78, 5) is 13.3. The fourth-order valence-corrected chi connectivity index (χ4v) is 5.19. The largest absolute Gasteiger partial charge is 0.466 e. The van der Waals surface area contributed by atoms with Gasteiger partial charge in [0.2, 0.25) is 0 Å². The monoisotopic (exact) mass is 438 g/mol. The molecule has 2 aromatic carbocycles. The van der Waals surface area contributed by atoms with E-state index in [-0.39, 0.29) is 6.61 Å². The number of rotatable bonds is 4. The molecular weight excluding hydrogens is 416 g/mol. The molecule has 1 aliphatic carbocycles. The SMILES string of the molecule is CCOC(=O)C1C(c2ccccc2)C(C#N)(C#N)C(c2ccccc2)C(C#N)(C#N)C1(C)O. The molecule has 1 N–H and O–H groups in total. The van der Waals surface area contributed by atoms with Crippen molar-refractivity contribution in [2.45, 2.75) is 31.3 Å². The molecule has 1 saturated carbocycles. The minimum Gasteiger partial charge on any atom is -0.466 e. The van der Waals surface area contributed by atoms with Crippen LogP contribution in [0.4, 0.5) is 0 Å². The zero-order chi connectivity index (χ0) is 24.3. The van der Waals surface area contributed by atoms with E-state index in [4.69, 9.17) is 4.74 Å². The van der Waals surface area contributed by atoms with Gasteiger partial charge in [0, 0.05) is 5.92 Å². The molecule has 7 heteroatoms. The van der Waals surface area contributed by atoms with Crippen LogP contribution in [0.15, 0.2) is 60.7 Å². The second kappa shape index (κ2) is 8.76. The summed E-state index contributed by atoms with van der Waals surface area (Å²) in [6.45, 7) is 2.81. The van der Waals surface area contributed by atoms with E-state index < -0.39 is 40.2 Å². The minimum atomic E-state index is -2.30. The third-order valence-electron chi connectivity index (χ3n) is 6.67. The Morgan fingerprint density at radius 2 is 1.39 bits per heavy atom. The maximum Gasteiger partial charge on any atom is 0.312 e. The van der Waals surface area contributed by atoms with E-state index in [1.54, 1.807) is 67.6 Å². The molecule has 4 unspecified atom stereocenters. The van der Waals surface area contributed by atoms with E-state index in [9.17, 15) is 30.9 Å². The fourth-order valence-electron chi connectivity index (χ4n) is 5.19. The van der Waals surface area contributed by atoms with E-state index in [2.05, 4.69) is 12.1 Å². The third-order valence-corrected chi connectivity index (χ3v) is 6.67. The highest BCUT2D eigenvalue weighted by Crippen LogP contribution is 2.67. The van der Waals surface area contributed by atoms with Crippen LogP contribution in [0.5, 0.6) is 0 Å². The van der Waals surface area contributed by atoms with Crippen molar-refractivity contribution in [1.29, 1.82) is 21.0 Å². The molecule has 0 saturated heterocycles. The molecule has 3 rings (SSSR count). The molecule has 1 fully saturated rings. The second-order valence-electron chi connectivity index (χ2n) is 8.23. The molecule has 0 bridgehead atoms. The number of hydrogen-bond donors (Lipinski definition) is 1. The van der Waals surface area contributed by atoms with Crippen LogP contribution in [0.25, 0.3) is 0 Å². The van der Waals surface area contributed by atoms with Gasteiger partial charge in [-0.3, -0.25) is 4.79 Å². The minimum absolute atomic E-state index is 0.0206. The first-order valence-corrected chi connectivity index (χ1v) is 10.4. The van der Waals surface area contributed by atoms with Crippen molar-refractivity contribution in [2.24, 2.45) is 16.7 Å². The molecule has 0 aliphatic heterocycles. The van der Waals surface area contributed by atoms with Crippen LogP contribution in [-0.4, -0.2) is 23.3 Å². The zero-order valence-electron chi connectivity index (χ0n) is 18.3. The van der Waals surface area contributed by atoms with Gasteiger partial charge >= 0.3 is 5.97 Å². The van der Waals surface area contributed by atoms with Crippen molar-refractivity contribution < 1.29 is 14.6 Å². The fraction of sp³-hybridized carbons (Fsp3) is 0.346. The van der Waals surface area contributed by atoms with Crippen molar-refractivity contribution >= 4 is 5.97 Å². The van der Waals surface area contributed by atoms with Gasteiger partial charge in [0.25, 0.3) is 0 Å². The van der Waals surface area contributed by atoms with Gasteiger partial charge in [-0.2, -0.15) is 21.0 Å². The maximum atomic E-state index is 13.3. The lowest BCUT2D eigenvalue weighted by molar-refractivity contribution is -0.180. The van der Waals surface area contributed by atoms with Gasteiger partial charge in [0.05, 0.1) is 42.7 Å². The highest BCUT2D eigenvalue weighted by molar-refractivity contribution is 5.78. The number of esters is 1. The van der Waals surface area contributed by atoms with Crippen LogP contribution < -0.4 is 0 Å². The number of carbonyl (C=O) groups excluding carboxylic acids is 1. The van der Waals surface area contributed by atoms with Crippen LogP contribution >= 0.6 is 0 Å². The molecule has 4 atom stereocenters. The number of nitriles is 4. The molecule has 1 aliphatic rings. The van der Waals surface area contributed by atoms with Crippen molar-refractivity contribution in [1.82, 2.24) is 0 Å².